The summed E-state index contributed by atoms with van der Waals surface area (Å²) in [5.74, 6) is -5.12. The van der Waals surface area contributed by atoms with Crippen LogP contribution in [-0.4, -0.2) is 144 Å². The van der Waals surface area contributed by atoms with Gasteiger partial charge in [-0.1, -0.05) is 110 Å². The number of nitrogens with one attached hydrogen (secondary N) is 4. The number of aryl methyl sites for hydroxylation is 1. The fourth-order valence-electron chi connectivity index (χ4n) is 9.74. The number of carbonyl (C=O) groups is 9. The minimum Gasteiger partial charge on any atom is -0.508 e. The number of primary amides is 1. The van der Waals surface area contributed by atoms with Crippen LogP contribution in [0.1, 0.15) is 143 Å². The second-order valence-electron chi connectivity index (χ2n) is 21.7. The lowest BCUT2D eigenvalue weighted by Gasteiger charge is -2.36. The van der Waals surface area contributed by atoms with Gasteiger partial charge in [-0.2, -0.15) is 0 Å². The van der Waals surface area contributed by atoms with Crippen LogP contribution in [0.2, 0.25) is 0 Å². The van der Waals surface area contributed by atoms with Gasteiger partial charge in [0.15, 0.2) is 0 Å². The van der Waals surface area contributed by atoms with Gasteiger partial charge >= 0.3 is 5.97 Å². The maximum atomic E-state index is 14.6. The summed E-state index contributed by atoms with van der Waals surface area (Å²) in [4.78, 5) is 127. The van der Waals surface area contributed by atoms with E-state index in [1.165, 1.54) is 35.9 Å². The lowest BCUT2D eigenvalue weighted by atomic mass is 9.94. The molecular weight excluding hydrogens is 985 g/mol. The van der Waals surface area contributed by atoms with E-state index in [1.807, 2.05) is 63.2 Å². The first-order valence-corrected chi connectivity index (χ1v) is 27.7. The van der Waals surface area contributed by atoms with E-state index >= 15 is 0 Å². The lowest BCUT2D eigenvalue weighted by Crippen LogP contribution is -2.61. The molecule has 0 saturated carbocycles. The van der Waals surface area contributed by atoms with Crippen molar-refractivity contribution in [2.45, 2.75) is 181 Å². The van der Waals surface area contributed by atoms with Crippen molar-refractivity contribution in [1.82, 2.24) is 36.0 Å². The van der Waals surface area contributed by atoms with E-state index in [9.17, 15) is 48.3 Å². The minimum absolute atomic E-state index is 0.000946. The molecule has 1 heterocycles. The number of phenols is 1. The molecule has 0 unspecified atom stereocenters. The van der Waals surface area contributed by atoms with E-state index < -0.39 is 89.5 Å². The van der Waals surface area contributed by atoms with Crippen molar-refractivity contribution < 1.29 is 53.0 Å². The normalized spacial score (nSPS) is 16.0. The average Bonchev–Trinajstić information content (AvgIpc) is 3.90. The predicted molar refractivity (Wildman–Crippen MR) is 294 cm³/mol. The van der Waals surface area contributed by atoms with E-state index in [-0.39, 0.29) is 55.1 Å². The maximum Gasteiger partial charge on any atom is 0.328 e. The number of amides is 8. The summed E-state index contributed by atoms with van der Waals surface area (Å²) < 4.78 is 5.00. The highest BCUT2D eigenvalue weighted by Gasteiger charge is 2.43. The Morgan fingerprint density at radius 2 is 1.42 bits per heavy atom. The second kappa shape index (κ2) is 32.9. The summed E-state index contributed by atoms with van der Waals surface area (Å²) in [6, 6.07) is 9.56. The summed E-state index contributed by atoms with van der Waals surface area (Å²) in [5.41, 5.74) is 7.38. The fourth-order valence-corrected chi connectivity index (χ4v) is 9.74. The number of carbonyl (C=O) groups excluding carboxylic acids is 9. The first-order chi connectivity index (χ1) is 36.5. The van der Waals surface area contributed by atoms with Gasteiger partial charge in [-0.15, -0.1) is 0 Å². The van der Waals surface area contributed by atoms with E-state index in [2.05, 4.69) is 28.2 Å². The van der Waals surface area contributed by atoms with E-state index in [0.717, 1.165) is 36.8 Å². The molecule has 2 aromatic rings. The van der Waals surface area contributed by atoms with Crippen LogP contribution in [0.3, 0.4) is 0 Å². The molecule has 8 atom stereocenters. The first kappa shape index (κ1) is 64.8. The molecule has 0 aliphatic carbocycles. The van der Waals surface area contributed by atoms with Gasteiger partial charge in [-0.3, -0.25) is 38.4 Å². The van der Waals surface area contributed by atoms with Crippen LogP contribution in [0.4, 0.5) is 0 Å². The minimum atomic E-state index is -1.38. The zero-order valence-corrected chi connectivity index (χ0v) is 47.4. The maximum absolute atomic E-state index is 14.6. The molecule has 0 radical (unpaired) electrons. The van der Waals surface area contributed by atoms with E-state index in [1.54, 1.807) is 32.9 Å². The van der Waals surface area contributed by atoms with Gasteiger partial charge in [0.2, 0.25) is 47.3 Å². The number of nitrogens with zero attached hydrogens (tertiary/aromatic N) is 3. The molecule has 1 saturated heterocycles. The number of ether oxygens (including phenoxy) is 1. The molecule has 2 aromatic carbocycles. The van der Waals surface area contributed by atoms with Gasteiger partial charge < -0.3 is 51.5 Å². The van der Waals surface area contributed by atoms with Crippen LogP contribution < -0.4 is 27.0 Å². The Morgan fingerprint density at radius 1 is 0.740 bits per heavy atom. The highest BCUT2D eigenvalue weighted by atomic mass is 16.5. The Labute approximate surface area is 456 Å². The predicted octanol–water partition coefficient (Wildman–Crippen LogP) is 4.95. The first-order valence-electron chi connectivity index (χ1n) is 27.7. The molecule has 428 valence electrons. The molecule has 1 fully saturated rings. The lowest BCUT2D eigenvalue weighted by molar-refractivity contribution is -0.154. The number of unbranched alkanes of at least 4 members (excludes halogenated alkanes) is 1. The Hall–Kier alpha value is -6.53. The largest absolute Gasteiger partial charge is 0.508 e. The van der Waals surface area contributed by atoms with E-state index in [4.69, 9.17) is 10.5 Å². The Balaban J connectivity index is 1.69. The molecule has 7 N–H and O–H groups in total. The number of aromatic hydroxyl groups is 1. The monoisotopic (exact) mass is 1070 g/mol. The number of hydrogen-bond acceptors (Lipinski definition) is 11. The molecule has 19 heteroatoms. The molecule has 1 aliphatic heterocycles. The van der Waals surface area contributed by atoms with Crippen LogP contribution in [0.15, 0.2) is 54.6 Å². The van der Waals surface area contributed by atoms with Crippen LogP contribution in [0.25, 0.3) is 0 Å². The number of hydrogen-bond donors (Lipinski definition) is 6. The summed E-state index contributed by atoms with van der Waals surface area (Å²) in [6.45, 7) is 13.9. The summed E-state index contributed by atoms with van der Waals surface area (Å²) in [6.07, 6.45) is 6.50. The third-order valence-corrected chi connectivity index (χ3v) is 14.6. The van der Waals surface area contributed by atoms with Crippen molar-refractivity contribution in [2.24, 2.45) is 29.4 Å². The third-order valence-electron chi connectivity index (χ3n) is 14.6. The van der Waals surface area contributed by atoms with Crippen LogP contribution in [0, 0.1) is 23.7 Å². The van der Waals surface area contributed by atoms with Gasteiger partial charge in [0.05, 0.1) is 7.11 Å². The smallest absolute Gasteiger partial charge is 0.328 e. The van der Waals surface area contributed by atoms with Crippen LogP contribution >= 0.6 is 0 Å². The number of likely N-dealkylation sites (tertiary alicyclic amines) is 1. The molecule has 77 heavy (non-hydrogen) atoms. The highest BCUT2D eigenvalue weighted by molar-refractivity contribution is 5.97. The number of benzene rings is 2. The zero-order valence-electron chi connectivity index (χ0n) is 47.4. The molecule has 19 nitrogen and oxygen atoms in total. The van der Waals surface area contributed by atoms with Crippen molar-refractivity contribution in [3.8, 4) is 5.75 Å². The number of likely N-dealkylation sites (N-methyl/N-ethyl adjacent to an activating group) is 2. The van der Waals surface area contributed by atoms with Gasteiger partial charge in [0.1, 0.15) is 42.0 Å². The molecule has 8 amide bonds. The number of phenolic OH excluding ortho intramolecular Hbond substituents is 1. The number of methoxy groups -OCH3 is 1. The van der Waals surface area contributed by atoms with Crippen LogP contribution in [0.5, 0.6) is 5.75 Å². The molecule has 1 aliphatic rings. The SMILES string of the molecule is CC[C@H](C)[C@H](C(=O)N[C@@H](CCC(N)=O)C(=O)N[C@H](C(=O)N(C)[C@H](Cc1ccccc1)C(=O)N1CCC[C@H]1C(=O)OC)C(C)C)N(C)C(=O)[C@H](CC(C)C)NC(=O)CC[C@@H](C)CCCCNC(=O)CCCc1ccc(O)cc1. The van der Waals surface area contributed by atoms with Crippen molar-refractivity contribution >= 4 is 53.2 Å². The average molecular weight is 1080 g/mol. The highest BCUT2D eigenvalue weighted by Crippen LogP contribution is 2.24. The van der Waals surface area contributed by atoms with Gasteiger partial charge in [0, 0.05) is 52.9 Å². The van der Waals surface area contributed by atoms with Crippen molar-refractivity contribution in [3.63, 3.8) is 0 Å². The Morgan fingerprint density at radius 3 is 2.03 bits per heavy atom. The number of rotatable bonds is 33. The van der Waals surface area contributed by atoms with Crippen molar-refractivity contribution in [2.75, 3.05) is 34.3 Å². The Kier molecular flexibility index (Phi) is 27.7. The van der Waals surface area contributed by atoms with Crippen molar-refractivity contribution in [3.05, 3.63) is 65.7 Å². The molecule has 0 spiro atoms. The third kappa shape index (κ3) is 21.4. The zero-order chi connectivity index (χ0) is 57.4. The number of nitrogens with two attached hydrogens (primary N) is 1. The van der Waals surface area contributed by atoms with Gasteiger partial charge in [-0.05, 0) is 98.3 Å². The summed E-state index contributed by atoms with van der Waals surface area (Å²) in [7, 11) is 4.23. The summed E-state index contributed by atoms with van der Waals surface area (Å²) in [5, 5.41) is 20.9. The standard InChI is InChI=1S/C58H90N8O11/c1-11-40(7)52(65(9)55(73)45(35-37(2)3)61-50(70)32-25-39(6)19-15-16-33-60-49(69)24-17-22-41-26-28-43(67)29-27-41)54(72)62-44(30-31-48(59)68)53(71)63-51(38(4)5)57(75)64(8)47(36-42-20-13-12-14-21-42)56(74)66-34-18-23-46(66)58(76)77-10/h12-14,20-21,26-29,37-40,44-47,51-52,67H,11,15-19,22-25,30-36H2,1-10H3,(H2,59,68)(H,60,69)(H,61,70)(H,62,72)(H,63,71)/t39-,40-,44-,45-,46-,47+,51-,52+/m0/s1. The van der Waals surface area contributed by atoms with Gasteiger partial charge in [0.25, 0.3) is 0 Å². The van der Waals surface area contributed by atoms with Gasteiger partial charge in [-0.25, -0.2) is 4.79 Å². The van der Waals surface area contributed by atoms with E-state index in [0.29, 0.717) is 58.0 Å². The van der Waals surface area contributed by atoms with Crippen LogP contribution in [-0.2, 0) is 60.7 Å². The molecule has 3 rings (SSSR count). The molecular formula is C58H90N8O11. The molecule has 0 bridgehead atoms. The fraction of sp³-hybridized carbons (Fsp3) is 0.638. The molecule has 0 aromatic heterocycles. The quantitative estimate of drug-likeness (QED) is 0.0412. The number of esters is 1. The van der Waals surface area contributed by atoms with Crippen molar-refractivity contribution in [1.29, 1.82) is 0 Å². The Bertz CT molecular complexity index is 2240. The summed E-state index contributed by atoms with van der Waals surface area (Å²) >= 11 is 0. The second-order valence-corrected chi connectivity index (χ2v) is 21.7. The topological polar surface area (TPSA) is 267 Å².